The van der Waals surface area contributed by atoms with Gasteiger partial charge in [-0.1, -0.05) is 12.1 Å². The first-order chi connectivity index (χ1) is 9.38. The van der Waals surface area contributed by atoms with E-state index in [9.17, 15) is 9.59 Å². The van der Waals surface area contributed by atoms with Crippen LogP contribution in [0.2, 0.25) is 0 Å². The van der Waals surface area contributed by atoms with Gasteiger partial charge in [-0.25, -0.2) is 0 Å². The highest BCUT2D eigenvalue weighted by atomic mass is 16.4. The molecule has 6 heteroatoms. The number of carbonyl (C=O) groups excluding carboxylic acids is 1. The summed E-state index contributed by atoms with van der Waals surface area (Å²) in [5.74, 6) is -1.33. The van der Waals surface area contributed by atoms with Crippen LogP contribution in [0, 0.1) is 0 Å². The summed E-state index contributed by atoms with van der Waals surface area (Å²) in [6, 6.07) is 6.66. The molecular formula is C14H21N3O3. The molecular weight excluding hydrogens is 258 g/mol. The van der Waals surface area contributed by atoms with Crippen LogP contribution in [0.1, 0.15) is 18.4 Å². The van der Waals surface area contributed by atoms with Crippen LogP contribution in [0.3, 0.4) is 0 Å². The molecule has 1 aromatic carbocycles. The fourth-order valence-electron chi connectivity index (χ4n) is 1.70. The van der Waals surface area contributed by atoms with Crippen LogP contribution >= 0.6 is 0 Å². The van der Waals surface area contributed by atoms with E-state index in [0.29, 0.717) is 5.69 Å². The number of rotatable bonds is 7. The molecule has 0 aliphatic heterocycles. The molecule has 20 heavy (non-hydrogen) atoms. The Bertz CT molecular complexity index is 457. The summed E-state index contributed by atoms with van der Waals surface area (Å²) in [6.07, 6.45) is 0.0102. The van der Waals surface area contributed by atoms with Gasteiger partial charge in [-0.15, -0.1) is 0 Å². The maximum atomic E-state index is 11.8. The highest BCUT2D eigenvalue weighted by Gasteiger charge is 2.14. The molecule has 0 bridgehead atoms. The second kappa shape index (κ2) is 7.62. The van der Waals surface area contributed by atoms with E-state index in [1.807, 2.05) is 26.2 Å². The third-order valence-corrected chi connectivity index (χ3v) is 2.73. The Morgan fingerprint density at radius 3 is 2.40 bits per heavy atom. The van der Waals surface area contributed by atoms with Crippen molar-refractivity contribution in [3.63, 3.8) is 0 Å². The van der Waals surface area contributed by atoms with Gasteiger partial charge in [0.15, 0.2) is 0 Å². The lowest BCUT2D eigenvalue weighted by Gasteiger charge is -2.13. The maximum absolute atomic E-state index is 11.8. The SMILES string of the molecule is CN(C)Cc1ccc(NC(=O)C(N)CCC(=O)O)cc1. The fraction of sp³-hybridized carbons (Fsp3) is 0.429. The molecule has 4 N–H and O–H groups in total. The van der Waals surface area contributed by atoms with E-state index < -0.39 is 12.0 Å². The van der Waals surface area contributed by atoms with Crippen molar-refractivity contribution in [2.24, 2.45) is 5.73 Å². The standard InChI is InChI=1S/C14H21N3O3/c1-17(2)9-10-3-5-11(6-4-10)16-14(20)12(15)7-8-13(18)19/h3-6,12H,7-9,15H2,1-2H3,(H,16,20)(H,18,19). The van der Waals surface area contributed by atoms with Crippen LogP contribution in [0.5, 0.6) is 0 Å². The molecule has 0 saturated carbocycles. The average Bonchev–Trinajstić information content (AvgIpc) is 2.37. The summed E-state index contributed by atoms with van der Waals surface area (Å²) in [5, 5.41) is 11.2. The van der Waals surface area contributed by atoms with Gasteiger partial charge in [-0.2, -0.15) is 0 Å². The molecule has 1 unspecified atom stereocenters. The number of carboxylic acids is 1. The van der Waals surface area contributed by atoms with Crippen LogP contribution in [-0.4, -0.2) is 42.0 Å². The molecule has 0 aliphatic rings. The van der Waals surface area contributed by atoms with E-state index in [4.69, 9.17) is 10.8 Å². The van der Waals surface area contributed by atoms with Crippen molar-refractivity contribution in [2.75, 3.05) is 19.4 Å². The first-order valence-electron chi connectivity index (χ1n) is 6.40. The van der Waals surface area contributed by atoms with Crippen molar-refractivity contribution < 1.29 is 14.7 Å². The number of nitrogens with zero attached hydrogens (tertiary/aromatic N) is 1. The molecule has 1 rings (SSSR count). The average molecular weight is 279 g/mol. The first-order valence-corrected chi connectivity index (χ1v) is 6.40. The van der Waals surface area contributed by atoms with Crippen molar-refractivity contribution in [3.8, 4) is 0 Å². The van der Waals surface area contributed by atoms with E-state index in [0.717, 1.165) is 12.1 Å². The van der Waals surface area contributed by atoms with Crippen molar-refractivity contribution in [1.29, 1.82) is 0 Å². The lowest BCUT2D eigenvalue weighted by molar-refractivity contribution is -0.137. The molecule has 0 aromatic heterocycles. The topological polar surface area (TPSA) is 95.7 Å². The third kappa shape index (κ3) is 5.81. The van der Waals surface area contributed by atoms with E-state index in [-0.39, 0.29) is 18.7 Å². The molecule has 1 aromatic rings. The molecule has 1 atom stereocenters. The minimum absolute atomic E-state index is 0.115. The van der Waals surface area contributed by atoms with Crippen molar-refractivity contribution in [2.45, 2.75) is 25.4 Å². The van der Waals surface area contributed by atoms with Crippen molar-refractivity contribution >= 4 is 17.6 Å². The number of hydrogen-bond donors (Lipinski definition) is 3. The Balaban J connectivity index is 2.51. The third-order valence-electron chi connectivity index (χ3n) is 2.73. The molecule has 0 spiro atoms. The molecule has 0 saturated heterocycles. The van der Waals surface area contributed by atoms with Gasteiger partial charge in [0.25, 0.3) is 0 Å². The zero-order chi connectivity index (χ0) is 15.1. The number of anilines is 1. The highest BCUT2D eigenvalue weighted by Crippen LogP contribution is 2.11. The molecule has 110 valence electrons. The second-order valence-electron chi connectivity index (χ2n) is 4.96. The van der Waals surface area contributed by atoms with E-state index in [1.165, 1.54) is 0 Å². The summed E-state index contributed by atoms with van der Waals surface area (Å²) >= 11 is 0. The van der Waals surface area contributed by atoms with Gasteiger partial charge in [-0.3, -0.25) is 9.59 Å². The summed E-state index contributed by atoms with van der Waals surface area (Å²) in [7, 11) is 3.97. The van der Waals surface area contributed by atoms with Gasteiger partial charge in [0.1, 0.15) is 0 Å². The van der Waals surface area contributed by atoms with Gasteiger partial charge in [0, 0.05) is 18.7 Å². The Labute approximate surface area is 118 Å². The Kier molecular flexibility index (Phi) is 6.14. The van der Waals surface area contributed by atoms with Crippen molar-refractivity contribution in [3.05, 3.63) is 29.8 Å². The minimum Gasteiger partial charge on any atom is -0.481 e. The zero-order valence-electron chi connectivity index (χ0n) is 11.8. The number of hydrogen-bond acceptors (Lipinski definition) is 4. The zero-order valence-corrected chi connectivity index (χ0v) is 11.8. The quantitative estimate of drug-likeness (QED) is 0.688. The van der Waals surface area contributed by atoms with Crippen LogP contribution < -0.4 is 11.1 Å². The highest BCUT2D eigenvalue weighted by molar-refractivity contribution is 5.94. The largest absolute Gasteiger partial charge is 0.481 e. The fourth-order valence-corrected chi connectivity index (χ4v) is 1.70. The summed E-state index contributed by atoms with van der Waals surface area (Å²) in [4.78, 5) is 24.2. The monoisotopic (exact) mass is 279 g/mol. The number of carboxylic acid groups (broad SMARTS) is 1. The lowest BCUT2D eigenvalue weighted by atomic mass is 10.1. The van der Waals surface area contributed by atoms with E-state index >= 15 is 0 Å². The Hall–Kier alpha value is -1.92. The summed E-state index contributed by atoms with van der Waals surface area (Å²) in [6.45, 7) is 0.826. The number of amides is 1. The van der Waals surface area contributed by atoms with Crippen molar-refractivity contribution in [1.82, 2.24) is 4.90 Å². The summed E-state index contributed by atoms with van der Waals surface area (Å²) in [5.41, 5.74) is 7.42. The molecule has 0 aliphatic carbocycles. The van der Waals surface area contributed by atoms with Crippen LogP contribution in [0.25, 0.3) is 0 Å². The molecule has 0 radical (unpaired) electrons. The first kappa shape index (κ1) is 16.1. The summed E-state index contributed by atoms with van der Waals surface area (Å²) < 4.78 is 0. The smallest absolute Gasteiger partial charge is 0.303 e. The second-order valence-corrected chi connectivity index (χ2v) is 4.96. The molecule has 6 nitrogen and oxygen atoms in total. The Morgan fingerprint density at radius 1 is 1.30 bits per heavy atom. The number of nitrogens with one attached hydrogen (secondary N) is 1. The normalized spacial score (nSPS) is 12.2. The number of benzene rings is 1. The number of carbonyl (C=O) groups is 2. The van der Waals surface area contributed by atoms with E-state index in [2.05, 4.69) is 10.2 Å². The van der Waals surface area contributed by atoms with Gasteiger partial charge in [0.05, 0.1) is 6.04 Å². The maximum Gasteiger partial charge on any atom is 0.303 e. The van der Waals surface area contributed by atoms with Crippen LogP contribution in [-0.2, 0) is 16.1 Å². The number of aliphatic carboxylic acids is 1. The lowest BCUT2D eigenvalue weighted by Crippen LogP contribution is -2.36. The minimum atomic E-state index is -0.957. The van der Waals surface area contributed by atoms with Gasteiger partial charge < -0.3 is 21.1 Å². The predicted octanol–water partition coefficient (Wildman–Crippen LogP) is 0.879. The molecule has 0 heterocycles. The van der Waals surface area contributed by atoms with Crippen LogP contribution in [0.15, 0.2) is 24.3 Å². The Morgan fingerprint density at radius 2 is 1.90 bits per heavy atom. The predicted molar refractivity (Wildman–Crippen MR) is 77.3 cm³/mol. The van der Waals surface area contributed by atoms with Crippen LogP contribution in [0.4, 0.5) is 5.69 Å². The molecule has 0 fully saturated rings. The number of nitrogens with two attached hydrogens (primary N) is 1. The van der Waals surface area contributed by atoms with Gasteiger partial charge in [0.2, 0.25) is 5.91 Å². The van der Waals surface area contributed by atoms with Gasteiger partial charge in [-0.05, 0) is 38.2 Å². The molecule has 1 amide bonds. The van der Waals surface area contributed by atoms with Gasteiger partial charge >= 0.3 is 5.97 Å². The van der Waals surface area contributed by atoms with E-state index in [1.54, 1.807) is 12.1 Å².